The summed E-state index contributed by atoms with van der Waals surface area (Å²) in [6.45, 7) is 4.05. The molecule has 2 aromatic carbocycles. The van der Waals surface area contributed by atoms with Gasteiger partial charge in [0.25, 0.3) is 0 Å². The predicted octanol–water partition coefficient (Wildman–Crippen LogP) is 5.38. The van der Waals surface area contributed by atoms with Crippen molar-refractivity contribution in [2.24, 2.45) is 0 Å². The summed E-state index contributed by atoms with van der Waals surface area (Å²) in [7, 11) is 0. The quantitative estimate of drug-likeness (QED) is 0.325. The lowest BCUT2D eigenvalue weighted by molar-refractivity contribution is -0.116. The van der Waals surface area contributed by atoms with E-state index < -0.39 is 0 Å². The number of Topliss-reactive ketones (excluding diaryl/α,β-unsaturated/α-hetero) is 1. The first-order chi connectivity index (χ1) is 11.8. The van der Waals surface area contributed by atoms with E-state index in [4.69, 9.17) is 5.73 Å². The molecule has 0 aliphatic carbocycles. The molecule has 0 atom stereocenters. The molecule has 0 spiro atoms. The van der Waals surface area contributed by atoms with Gasteiger partial charge < -0.3 is 5.73 Å². The van der Waals surface area contributed by atoms with Gasteiger partial charge in [-0.05, 0) is 53.0 Å². The van der Waals surface area contributed by atoms with E-state index in [0.29, 0.717) is 17.1 Å². The number of carbonyl (C=O) groups excluding carboxylic acids is 2. The first-order valence-corrected chi connectivity index (χ1v) is 10.5. The number of aryl methyl sites for hydroxylation is 2. The molecule has 0 aliphatic rings. The lowest BCUT2D eigenvalue weighted by Crippen LogP contribution is -2.03. The van der Waals surface area contributed by atoms with Crippen molar-refractivity contribution in [1.82, 2.24) is 0 Å². The molecule has 2 N–H and O–H groups in total. The predicted molar refractivity (Wildman–Crippen MR) is 117 cm³/mol. The van der Waals surface area contributed by atoms with Crippen LogP contribution < -0.4 is 5.73 Å². The number of nitrogens with two attached hydrogens (primary N) is 1. The van der Waals surface area contributed by atoms with Crippen molar-refractivity contribution >= 4 is 64.0 Å². The van der Waals surface area contributed by atoms with Crippen molar-refractivity contribution in [1.29, 1.82) is 0 Å². The third-order valence-electron chi connectivity index (χ3n) is 2.78. The van der Waals surface area contributed by atoms with Crippen molar-refractivity contribution in [3.63, 3.8) is 0 Å². The molecule has 3 nitrogen and oxygen atoms in total. The molecule has 0 aromatic heterocycles. The van der Waals surface area contributed by atoms with Gasteiger partial charge in [-0.3, -0.25) is 9.59 Å². The van der Waals surface area contributed by atoms with Crippen molar-refractivity contribution < 1.29 is 9.59 Å². The smallest absolute Gasteiger partial charge is 0.208 e. The second-order valence-electron chi connectivity index (χ2n) is 5.24. The molecule has 0 saturated heterocycles. The highest BCUT2D eigenvalue weighted by molar-refractivity contribution is 9.19. The van der Waals surface area contributed by atoms with Gasteiger partial charge in [-0.15, -0.1) is 0 Å². The van der Waals surface area contributed by atoms with Crippen LogP contribution in [0.1, 0.15) is 16.7 Å². The SMILES string of the molecule is Cc1cccc(CC(=O)CBr)c1.Cc1cccc(N)c1.O=C(Br)CBr. The fourth-order valence-electron chi connectivity index (χ4n) is 1.77. The molecule has 0 aliphatic heterocycles. The Balaban J connectivity index is 0.000000382. The summed E-state index contributed by atoms with van der Waals surface area (Å²) in [4.78, 5) is 20.7. The lowest BCUT2D eigenvalue weighted by Gasteiger charge is -1.99. The number of alkyl halides is 2. The van der Waals surface area contributed by atoms with Crippen LogP contribution in [0.25, 0.3) is 0 Å². The van der Waals surface area contributed by atoms with E-state index in [1.54, 1.807) is 0 Å². The number of hydrogen-bond donors (Lipinski definition) is 1. The number of benzene rings is 2. The van der Waals surface area contributed by atoms with Gasteiger partial charge in [-0.2, -0.15) is 0 Å². The Bertz CT molecular complexity index is 658. The highest BCUT2D eigenvalue weighted by Gasteiger charge is 2.00. The largest absolute Gasteiger partial charge is 0.399 e. The van der Waals surface area contributed by atoms with E-state index >= 15 is 0 Å². The second kappa shape index (κ2) is 14.2. The van der Waals surface area contributed by atoms with Crippen molar-refractivity contribution in [3.05, 3.63) is 65.2 Å². The molecule has 0 amide bonds. The van der Waals surface area contributed by atoms with E-state index in [1.807, 2.05) is 62.4 Å². The monoisotopic (exact) mass is 533 g/mol. The summed E-state index contributed by atoms with van der Waals surface area (Å²) in [5.74, 6) is 0.223. The number of hydrogen-bond acceptors (Lipinski definition) is 3. The molecule has 25 heavy (non-hydrogen) atoms. The van der Waals surface area contributed by atoms with Crippen LogP contribution in [-0.4, -0.2) is 21.1 Å². The van der Waals surface area contributed by atoms with E-state index in [9.17, 15) is 9.59 Å². The van der Waals surface area contributed by atoms with Gasteiger partial charge in [0, 0.05) is 12.1 Å². The summed E-state index contributed by atoms with van der Waals surface area (Å²) < 4.78 is -0.0162. The van der Waals surface area contributed by atoms with Crippen LogP contribution >= 0.6 is 47.8 Å². The summed E-state index contributed by atoms with van der Waals surface area (Å²) in [6.07, 6.45) is 0.535. The van der Waals surface area contributed by atoms with Crippen molar-refractivity contribution in [2.75, 3.05) is 16.4 Å². The van der Waals surface area contributed by atoms with Gasteiger partial charge in [-0.1, -0.05) is 73.8 Å². The minimum absolute atomic E-state index is 0.0162. The van der Waals surface area contributed by atoms with Gasteiger partial charge >= 0.3 is 0 Å². The molecule has 0 bridgehead atoms. The molecule has 0 saturated carbocycles. The Morgan fingerprint density at radius 3 is 1.80 bits per heavy atom. The Hall–Kier alpha value is -0.980. The number of anilines is 1. The number of ketones is 1. The van der Waals surface area contributed by atoms with E-state index in [2.05, 4.69) is 47.8 Å². The summed E-state index contributed by atoms with van der Waals surface area (Å²) in [5.41, 5.74) is 9.81. The third-order valence-corrected chi connectivity index (χ3v) is 4.95. The van der Waals surface area contributed by atoms with Gasteiger partial charge in [0.1, 0.15) is 5.78 Å². The standard InChI is InChI=1S/C10H11BrO.C7H9N.C2H2Br2O/c1-8-3-2-4-9(5-8)6-10(12)7-11;1-6-3-2-4-7(8)5-6;3-1-2(4)5/h2-5H,6-7H2,1H3;2-5H,8H2,1H3;1H2. The first-order valence-electron chi connectivity index (χ1n) is 7.48. The highest BCUT2D eigenvalue weighted by atomic mass is 79.9. The average Bonchev–Trinajstić information content (AvgIpc) is 2.55. The van der Waals surface area contributed by atoms with Crippen LogP contribution in [-0.2, 0) is 16.0 Å². The minimum atomic E-state index is -0.0162. The fraction of sp³-hybridized carbons (Fsp3) is 0.263. The molecule has 0 fully saturated rings. The molecule has 2 rings (SSSR count). The van der Waals surface area contributed by atoms with Crippen LogP contribution in [0.2, 0.25) is 0 Å². The maximum Gasteiger partial charge on any atom is 0.208 e. The van der Waals surface area contributed by atoms with Gasteiger partial charge in [0.2, 0.25) is 4.69 Å². The van der Waals surface area contributed by atoms with E-state index in [1.165, 1.54) is 11.1 Å². The normalized spacial score (nSPS) is 9.16. The van der Waals surface area contributed by atoms with Crippen LogP contribution in [0.4, 0.5) is 5.69 Å². The van der Waals surface area contributed by atoms with Gasteiger partial charge in [0.05, 0.1) is 10.7 Å². The molecule has 2 aromatic rings. The zero-order valence-corrected chi connectivity index (χ0v) is 19.0. The Labute approximate surface area is 174 Å². The molecule has 0 heterocycles. The first kappa shape index (κ1) is 24.0. The van der Waals surface area contributed by atoms with E-state index in [0.717, 1.165) is 11.3 Å². The van der Waals surface area contributed by atoms with Gasteiger partial charge in [0.15, 0.2) is 0 Å². The van der Waals surface area contributed by atoms with Crippen LogP contribution in [0.3, 0.4) is 0 Å². The third kappa shape index (κ3) is 13.9. The summed E-state index contributed by atoms with van der Waals surface area (Å²) >= 11 is 8.75. The number of halogens is 3. The number of rotatable bonds is 4. The molecule has 6 heteroatoms. The summed E-state index contributed by atoms with van der Waals surface area (Å²) in [5, 5.41) is 0.841. The van der Waals surface area contributed by atoms with Crippen molar-refractivity contribution in [2.45, 2.75) is 20.3 Å². The Morgan fingerprint density at radius 2 is 1.44 bits per heavy atom. The molecule has 0 unspecified atom stereocenters. The topological polar surface area (TPSA) is 60.2 Å². The van der Waals surface area contributed by atoms with E-state index in [-0.39, 0.29) is 10.5 Å². The second-order valence-corrected chi connectivity index (χ2v) is 7.25. The Kier molecular flexibility index (Phi) is 13.7. The fourth-order valence-corrected chi connectivity index (χ4v) is 1.97. The highest BCUT2D eigenvalue weighted by Crippen LogP contribution is 2.05. The zero-order valence-electron chi connectivity index (χ0n) is 14.3. The van der Waals surface area contributed by atoms with Crippen LogP contribution in [0.15, 0.2) is 48.5 Å². The molecular formula is C19H22Br3NO2. The summed E-state index contributed by atoms with van der Waals surface area (Å²) in [6, 6.07) is 15.8. The minimum Gasteiger partial charge on any atom is -0.399 e. The van der Waals surface area contributed by atoms with Crippen molar-refractivity contribution in [3.8, 4) is 0 Å². The number of nitrogen functional groups attached to an aromatic ring is 1. The number of carbonyl (C=O) groups is 2. The van der Waals surface area contributed by atoms with Gasteiger partial charge in [-0.25, -0.2) is 0 Å². The maximum atomic E-state index is 11.0. The molecule has 0 radical (unpaired) electrons. The molecular weight excluding hydrogens is 514 g/mol. The maximum absolute atomic E-state index is 11.0. The lowest BCUT2D eigenvalue weighted by atomic mass is 10.1. The van der Waals surface area contributed by atoms with Crippen LogP contribution in [0.5, 0.6) is 0 Å². The zero-order chi connectivity index (χ0) is 19.2. The Morgan fingerprint density at radius 1 is 0.920 bits per heavy atom. The average molecular weight is 536 g/mol. The molecule has 136 valence electrons. The van der Waals surface area contributed by atoms with Crippen LogP contribution in [0, 0.1) is 13.8 Å².